The number of phosphoric ester groups is 1. The van der Waals surface area contributed by atoms with E-state index in [1.807, 2.05) is 0 Å². The molecule has 0 N–H and O–H groups in total. The highest BCUT2D eigenvalue weighted by molar-refractivity contribution is 7.48. The van der Waals surface area contributed by atoms with Crippen LogP contribution in [0.5, 0.6) is 5.75 Å². The Morgan fingerprint density at radius 3 is 1.41 bits per heavy atom. The molecule has 156 valence electrons. The summed E-state index contributed by atoms with van der Waals surface area (Å²) in [6, 6.07) is 5.56. The fourth-order valence-corrected chi connectivity index (χ4v) is 2.38. The van der Waals surface area contributed by atoms with Crippen LogP contribution in [0.25, 0.3) is 0 Å². The van der Waals surface area contributed by atoms with Crippen LogP contribution in [0.15, 0.2) is 30.3 Å². The lowest BCUT2D eigenvalue weighted by Gasteiger charge is -2.25. The molecule has 0 atom stereocenters. The maximum absolute atomic E-state index is 12.9. The van der Waals surface area contributed by atoms with Gasteiger partial charge in [-0.2, -0.15) is 43.9 Å². The number of hydrogen-bond donors (Lipinski definition) is 0. The first-order valence-electron chi connectivity index (χ1n) is 6.52. The molecule has 0 spiro atoms. The molecule has 0 aliphatic heterocycles. The molecule has 1 aromatic rings. The quantitative estimate of drug-likeness (QED) is 0.392. The van der Waals surface area contributed by atoms with Crippen LogP contribution in [0.1, 0.15) is 0 Å². The fourth-order valence-electron chi connectivity index (χ4n) is 1.18. The van der Waals surface area contributed by atoms with E-state index in [4.69, 9.17) is 0 Å². The molecule has 0 aliphatic carbocycles. The topological polar surface area (TPSA) is 44.8 Å². The van der Waals surface area contributed by atoms with E-state index in [0.29, 0.717) is 0 Å². The minimum absolute atomic E-state index is 0.577. The molecule has 1 rings (SSSR count). The lowest BCUT2D eigenvalue weighted by molar-refractivity contribution is -0.295. The van der Waals surface area contributed by atoms with Gasteiger partial charge in [0.15, 0.2) is 0 Å². The van der Waals surface area contributed by atoms with Crippen molar-refractivity contribution in [1.29, 1.82) is 0 Å². The van der Waals surface area contributed by atoms with Crippen molar-refractivity contribution in [3.8, 4) is 5.75 Å². The third kappa shape index (κ3) is 6.54. The summed E-state index contributed by atoms with van der Waals surface area (Å²) in [5.74, 6) is -11.8. The zero-order valence-corrected chi connectivity index (χ0v) is 13.6. The van der Waals surface area contributed by atoms with Gasteiger partial charge in [-0.1, -0.05) is 18.2 Å². The Hall–Kier alpha value is -1.53. The summed E-state index contributed by atoms with van der Waals surface area (Å²) >= 11 is 0. The predicted molar refractivity (Wildman–Crippen MR) is 68.6 cm³/mol. The lowest BCUT2D eigenvalue weighted by Crippen LogP contribution is -2.42. The summed E-state index contributed by atoms with van der Waals surface area (Å²) in [6.45, 7) is -5.42. The molecule has 4 nitrogen and oxygen atoms in total. The Balaban J connectivity index is 3.01. The van der Waals surface area contributed by atoms with Crippen LogP contribution >= 0.6 is 7.82 Å². The molecule has 1 aromatic carbocycles. The van der Waals surface area contributed by atoms with Crippen molar-refractivity contribution >= 4 is 7.82 Å². The Morgan fingerprint density at radius 1 is 0.704 bits per heavy atom. The molecule has 0 saturated carbocycles. The second-order valence-electron chi connectivity index (χ2n) is 4.80. The second kappa shape index (κ2) is 7.84. The molecule has 0 heterocycles. The van der Waals surface area contributed by atoms with Crippen molar-refractivity contribution in [2.24, 2.45) is 0 Å². The molecule has 27 heavy (non-hydrogen) atoms. The van der Waals surface area contributed by atoms with Crippen molar-refractivity contribution < 1.29 is 62.0 Å². The fraction of sp³-hybridized carbons (Fsp3) is 0.500. The number of alkyl halides is 10. The summed E-state index contributed by atoms with van der Waals surface area (Å²) in [5, 5.41) is 0. The van der Waals surface area contributed by atoms with Gasteiger partial charge >= 0.3 is 32.0 Å². The molecule has 0 bridgehead atoms. The molecular weight excluding hydrogens is 429 g/mol. The molecule has 15 heteroatoms. The van der Waals surface area contributed by atoms with Gasteiger partial charge < -0.3 is 4.52 Å². The number of phosphoric acid groups is 1. The number of rotatable bonds is 8. The summed E-state index contributed by atoms with van der Waals surface area (Å²) in [7, 11) is -5.73. The van der Waals surface area contributed by atoms with E-state index in [1.165, 1.54) is 18.2 Å². The third-order valence-corrected chi connectivity index (χ3v) is 3.92. The molecular formula is C12H9F10O4P. The molecule has 0 saturated heterocycles. The predicted octanol–water partition coefficient (Wildman–Crippen LogP) is 5.60. The van der Waals surface area contributed by atoms with Crippen LogP contribution in [0, 0.1) is 0 Å². The number of halogens is 10. The van der Waals surface area contributed by atoms with Gasteiger partial charge in [0.2, 0.25) is 0 Å². The van der Waals surface area contributed by atoms with Crippen LogP contribution in [0.2, 0.25) is 0 Å². The molecule has 0 amide bonds. The molecule has 0 aliphatic rings. The van der Waals surface area contributed by atoms with Gasteiger partial charge in [-0.15, -0.1) is 0 Å². The van der Waals surface area contributed by atoms with Crippen LogP contribution in [0.3, 0.4) is 0 Å². The second-order valence-corrected chi connectivity index (χ2v) is 6.40. The van der Waals surface area contributed by atoms with Gasteiger partial charge in [0.25, 0.3) is 0 Å². The minimum atomic E-state index is -6.18. The van der Waals surface area contributed by atoms with Crippen LogP contribution < -0.4 is 4.52 Å². The van der Waals surface area contributed by atoms with Gasteiger partial charge in [0.05, 0.1) is 0 Å². The number of para-hydroxylation sites is 1. The summed E-state index contributed by atoms with van der Waals surface area (Å²) in [6.07, 6.45) is -12.4. The average Bonchev–Trinajstić information content (AvgIpc) is 2.50. The summed E-state index contributed by atoms with van der Waals surface area (Å²) in [4.78, 5) is 0. The van der Waals surface area contributed by atoms with Gasteiger partial charge in [-0.25, -0.2) is 4.57 Å². The van der Waals surface area contributed by atoms with E-state index in [1.54, 1.807) is 0 Å². The Morgan fingerprint density at radius 2 is 1.07 bits per heavy atom. The average molecular weight is 438 g/mol. The van der Waals surface area contributed by atoms with Crippen LogP contribution in [0.4, 0.5) is 43.9 Å². The summed E-state index contributed by atoms with van der Waals surface area (Å²) in [5.41, 5.74) is 0. The van der Waals surface area contributed by atoms with Crippen molar-refractivity contribution in [3.05, 3.63) is 30.3 Å². The smallest absolute Gasteiger partial charge is 0.404 e. The highest BCUT2D eigenvalue weighted by atomic mass is 31.2. The molecule has 0 aromatic heterocycles. The standard InChI is InChI=1S/C12H9F10O4P/c13-9(14,11(17,18)19)6-24-27(23,26-8-4-2-1-3-5-8)25-7-10(15,16)12(20,21)22/h1-5H,6-7H2. The third-order valence-electron chi connectivity index (χ3n) is 2.60. The molecule has 0 fully saturated rings. The first-order valence-corrected chi connectivity index (χ1v) is 7.98. The highest BCUT2D eigenvalue weighted by Gasteiger charge is 2.61. The first-order chi connectivity index (χ1) is 12.0. The largest absolute Gasteiger partial charge is 0.530 e. The zero-order valence-electron chi connectivity index (χ0n) is 12.7. The summed E-state index contributed by atoms with van der Waals surface area (Å²) < 4.78 is 148. The van der Waals surface area contributed by atoms with Gasteiger partial charge in [0, 0.05) is 0 Å². The maximum atomic E-state index is 12.9. The lowest BCUT2D eigenvalue weighted by atomic mass is 10.3. The van der Waals surface area contributed by atoms with E-state index < -0.39 is 51.0 Å². The Bertz CT molecular complexity index is 624. The first kappa shape index (κ1) is 23.5. The minimum Gasteiger partial charge on any atom is -0.404 e. The van der Waals surface area contributed by atoms with E-state index in [2.05, 4.69) is 13.6 Å². The van der Waals surface area contributed by atoms with Crippen molar-refractivity contribution in [2.45, 2.75) is 24.2 Å². The monoisotopic (exact) mass is 438 g/mol. The van der Waals surface area contributed by atoms with E-state index in [0.717, 1.165) is 12.1 Å². The number of hydrogen-bond acceptors (Lipinski definition) is 4. The van der Waals surface area contributed by atoms with E-state index in [-0.39, 0.29) is 0 Å². The van der Waals surface area contributed by atoms with E-state index in [9.17, 15) is 48.5 Å². The zero-order chi connectivity index (χ0) is 21.1. The van der Waals surface area contributed by atoms with Crippen molar-refractivity contribution in [1.82, 2.24) is 0 Å². The van der Waals surface area contributed by atoms with Crippen LogP contribution in [-0.4, -0.2) is 37.4 Å². The van der Waals surface area contributed by atoms with Gasteiger partial charge in [-0.3, -0.25) is 9.05 Å². The maximum Gasteiger partial charge on any atom is 0.530 e. The SMILES string of the molecule is O=P(OCC(F)(F)C(F)(F)F)(OCC(F)(F)C(F)(F)F)Oc1ccccc1. The molecule has 0 unspecified atom stereocenters. The Labute approximate surface area is 144 Å². The number of benzene rings is 1. The van der Waals surface area contributed by atoms with Crippen molar-refractivity contribution in [3.63, 3.8) is 0 Å². The molecule has 0 radical (unpaired) electrons. The Kier molecular flexibility index (Phi) is 6.82. The van der Waals surface area contributed by atoms with E-state index >= 15 is 0 Å². The van der Waals surface area contributed by atoms with Gasteiger partial charge in [0.1, 0.15) is 19.0 Å². The van der Waals surface area contributed by atoms with Crippen molar-refractivity contribution in [2.75, 3.05) is 13.2 Å². The van der Waals surface area contributed by atoms with Crippen LogP contribution in [-0.2, 0) is 13.6 Å². The highest BCUT2D eigenvalue weighted by Crippen LogP contribution is 2.53. The normalized spacial score (nSPS) is 14.3. The van der Waals surface area contributed by atoms with Gasteiger partial charge in [-0.05, 0) is 12.1 Å².